The number of halogens is 1. The number of hydrogen-bond donors (Lipinski definition) is 1. The lowest BCUT2D eigenvalue weighted by Crippen LogP contribution is -1.78. The predicted octanol–water partition coefficient (Wildman–Crippen LogP) is 2.48. The summed E-state index contributed by atoms with van der Waals surface area (Å²) in [5.41, 5.74) is 0.549. The molecule has 2 heteroatoms. The van der Waals surface area contributed by atoms with E-state index in [9.17, 15) is 4.39 Å². The molecule has 1 aromatic rings. The van der Waals surface area contributed by atoms with Crippen LogP contribution in [0.2, 0.25) is 0 Å². The first-order chi connectivity index (χ1) is 4.20. The van der Waals surface area contributed by atoms with E-state index in [1.54, 1.807) is 6.92 Å². The summed E-state index contributed by atoms with van der Waals surface area (Å²) in [5.74, 6) is -0.395. The Morgan fingerprint density at radius 3 is 2.40 bits per heavy atom. The third-order valence-electron chi connectivity index (χ3n) is 1.16. The summed E-state index contributed by atoms with van der Waals surface area (Å²) >= 11 is 0. The van der Waals surface area contributed by atoms with E-state index in [0.717, 1.165) is 6.07 Å². The molecule has 0 aromatic heterocycles. The first kappa shape index (κ1) is 8.95. The molecule has 0 radical (unpaired) electrons. The highest BCUT2D eigenvalue weighted by Gasteiger charge is 1.95. The van der Waals surface area contributed by atoms with Gasteiger partial charge in [-0.15, -0.1) is 0 Å². The molecule has 0 atom stereocenters. The number of benzene rings is 1. The van der Waals surface area contributed by atoms with Crippen molar-refractivity contribution >= 4 is 0 Å². The van der Waals surface area contributed by atoms with Crippen LogP contribution in [0.5, 0.6) is 5.75 Å². The average molecular weight is 142 g/mol. The summed E-state index contributed by atoms with van der Waals surface area (Å²) in [7, 11) is 0. The second-order valence-corrected chi connectivity index (χ2v) is 1.93. The fourth-order valence-electron chi connectivity index (χ4n) is 0.582. The van der Waals surface area contributed by atoms with Gasteiger partial charge in [0.05, 0.1) is 0 Å². The SMILES string of the molecule is C.Cc1ccc(O)cc1F. The summed E-state index contributed by atoms with van der Waals surface area (Å²) in [6, 6.07) is 4.08. The number of phenolic OH excluding ortho intramolecular Hbond substituents is 1. The van der Waals surface area contributed by atoms with E-state index in [4.69, 9.17) is 5.11 Å². The van der Waals surface area contributed by atoms with Gasteiger partial charge in [0.1, 0.15) is 11.6 Å². The Morgan fingerprint density at radius 2 is 2.00 bits per heavy atom. The fraction of sp³-hybridized carbons (Fsp3) is 0.250. The first-order valence-corrected chi connectivity index (χ1v) is 2.65. The lowest BCUT2D eigenvalue weighted by atomic mass is 10.2. The number of aryl methyl sites for hydroxylation is 1. The number of aromatic hydroxyl groups is 1. The first-order valence-electron chi connectivity index (χ1n) is 2.65. The Bertz CT molecular complexity index is 220. The molecule has 1 N–H and O–H groups in total. The summed E-state index contributed by atoms with van der Waals surface area (Å²) in [6.45, 7) is 1.65. The van der Waals surface area contributed by atoms with Gasteiger partial charge in [0, 0.05) is 6.07 Å². The van der Waals surface area contributed by atoms with E-state index in [1.807, 2.05) is 0 Å². The second-order valence-electron chi connectivity index (χ2n) is 1.93. The third kappa shape index (κ3) is 1.72. The third-order valence-corrected chi connectivity index (χ3v) is 1.16. The van der Waals surface area contributed by atoms with Gasteiger partial charge in [-0.05, 0) is 18.6 Å². The van der Waals surface area contributed by atoms with Gasteiger partial charge in [0.15, 0.2) is 0 Å². The molecule has 56 valence electrons. The van der Waals surface area contributed by atoms with Crippen LogP contribution in [0.1, 0.15) is 13.0 Å². The molecule has 0 spiro atoms. The molecule has 1 rings (SSSR count). The lowest BCUT2D eigenvalue weighted by molar-refractivity contribution is 0.468. The van der Waals surface area contributed by atoms with Crippen molar-refractivity contribution < 1.29 is 9.50 Å². The molecule has 0 aliphatic rings. The Kier molecular flexibility index (Phi) is 2.87. The van der Waals surface area contributed by atoms with Gasteiger partial charge in [0.2, 0.25) is 0 Å². The van der Waals surface area contributed by atoms with Crippen molar-refractivity contribution in [1.82, 2.24) is 0 Å². The Balaban J connectivity index is 0.000000810. The standard InChI is InChI=1S/C7H7FO.CH4/c1-5-2-3-6(9)4-7(5)8;/h2-4,9H,1H3;1H4. The highest BCUT2D eigenvalue weighted by Crippen LogP contribution is 2.12. The number of phenols is 1. The molecule has 0 unspecified atom stereocenters. The van der Waals surface area contributed by atoms with Gasteiger partial charge in [-0.2, -0.15) is 0 Å². The molecular weight excluding hydrogens is 131 g/mol. The number of hydrogen-bond acceptors (Lipinski definition) is 1. The molecule has 0 bridgehead atoms. The Labute approximate surface area is 60.1 Å². The molecular formula is C8H11FO. The minimum Gasteiger partial charge on any atom is -0.508 e. The zero-order chi connectivity index (χ0) is 6.85. The van der Waals surface area contributed by atoms with E-state index in [-0.39, 0.29) is 19.0 Å². The Morgan fingerprint density at radius 1 is 1.40 bits per heavy atom. The summed E-state index contributed by atoms with van der Waals surface area (Å²) in [5, 5.41) is 8.70. The van der Waals surface area contributed by atoms with Crippen LogP contribution in [0.4, 0.5) is 4.39 Å². The van der Waals surface area contributed by atoms with Gasteiger partial charge in [-0.25, -0.2) is 4.39 Å². The van der Waals surface area contributed by atoms with Crippen LogP contribution < -0.4 is 0 Å². The van der Waals surface area contributed by atoms with Crippen LogP contribution >= 0.6 is 0 Å². The monoisotopic (exact) mass is 142 g/mol. The highest BCUT2D eigenvalue weighted by molar-refractivity contribution is 5.26. The Hall–Kier alpha value is -1.05. The van der Waals surface area contributed by atoms with Gasteiger partial charge >= 0.3 is 0 Å². The maximum Gasteiger partial charge on any atom is 0.129 e. The summed E-state index contributed by atoms with van der Waals surface area (Å²) < 4.78 is 12.4. The van der Waals surface area contributed by atoms with Crippen molar-refractivity contribution in [2.24, 2.45) is 0 Å². The smallest absolute Gasteiger partial charge is 0.129 e. The maximum absolute atomic E-state index is 12.4. The van der Waals surface area contributed by atoms with Crippen LogP contribution in [0.3, 0.4) is 0 Å². The fourth-order valence-corrected chi connectivity index (χ4v) is 0.582. The summed E-state index contributed by atoms with van der Waals surface area (Å²) in [6.07, 6.45) is 0. The molecule has 10 heavy (non-hydrogen) atoms. The molecule has 0 aliphatic heterocycles. The van der Waals surface area contributed by atoms with Crippen LogP contribution in [0.25, 0.3) is 0 Å². The average Bonchev–Trinajstić information content (AvgIpc) is 1.80. The zero-order valence-corrected chi connectivity index (χ0v) is 5.06. The molecule has 0 aliphatic carbocycles. The van der Waals surface area contributed by atoms with Crippen molar-refractivity contribution in [2.75, 3.05) is 0 Å². The van der Waals surface area contributed by atoms with Crippen LogP contribution in [-0.2, 0) is 0 Å². The molecule has 1 nitrogen and oxygen atoms in total. The lowest BCUT2D eigenvalue weighted by Gasteiger charge is -1.93. The van der Waals surface area contributed by atoms with Crippen LogP contribution in [-0.4, -0.2) is 5.11 Å². The van der Waals surface area contributed by atoms with E-state index in [1.165, 1.54) is 12.1 Å². The predicted molar refractivity (Wildman–Crippen MR) is 39.5 cm³/mol. The van der Waals surface area contributed by atoms with Crippen LogP contribution in [0, 0.1) is 12.7 Å². The topological polar surface area (TPSA) is 20.2 Å². The molecule has 1 aromatic carbocycles. The van der Waals surface area contributed by atoms with Crippen molar-refractivity contribution in [2.45, 2.75) is 14.4 Å². The molecule has 0 amide bonds. The molecule has 0 saturated heterocycles. The number of rotatable bonds is 0. The quantitative estimate of drug-likeness (QED) is 0.590. The minimum atomic E-state index is -0.366. The largest absolute Gasteiger partial charge is 0.508 e. The normalized spacial score (nSPS) is 8.60. The zero-order valence-electron chi connectivity index (χ0n) is 5.06. The van der Waals surface area contributed by atoms with E-state index in [0.29, 0.717) is 5.56 Å². The van der Waals surface area contributed by atoms with Crippen molar-refractivity contribution in [1.29, 1.82) is 0 Å². The van der Waals surface area contributed by atoms with Gasteiger partial charge in [-0.1, -0.05) is 13.5 Å². The second kappa shape index (κ2) is 3.20. The molecule has 0 saturated carbocycles. The van der Waals surface area contributed by atoms with Crippen molar-refractivity contribution in [3.05, 3.63) is 29.6 Å². The van der Waals surface area contributed by atoms with Gasteiger partial charge in [0.25, 0.3) is 0 Å². The molecule has 0 fully saturated rings. The van der Waals surface area contributed by atoms with Gasteiger partial charge < -0.3 is 5.11 Å². The van der Waals surface area contributed by atoms with Crippen molar-refractivity contribution in [3.8, 4) is 5.75 Å². The minimum absolute atomic E-state index is 0. The highest BCUT2D eigenvalue weighted by atomic mass is 19.1. The van der Waals surface area contributed by atoms with Gasteiger partial charge in [-0.3, -0.25) is 0 Å². The van der Waals surface area contributed by atoms with Crippen molar-refractivity contribution in [3.63, 3.8) is 0 Å². The maximum atomic E-state index is 12.4. The molecule has 0 heterocycles. The summed E-state index contributed by atoms with van der Waals surface area (Å²) in [4.78, 5) is 0. The van der Waals surface area contributed by atoms with E-state index >= 15 is 0 Å². The van der Waals surface area contributed by atoms with E-state index in [2.05, 4.69) is 0 Å². The van der Waals surface area contributed by atoms with E-state index < -0.39 is 0 Å². The van der Waals surface area contributed by atoms with Crippen LogP contribution in [0.15, 0.2) is 18.2 Å².